The fourth-order valence-corrected chi connectivity index (χ4v) is 3.49. The van der Waals surface area contributed by atoms with Gasteiger partial charge in [-0.15, -0.1) is 11.3 Å². The second-order valence-corrected chi connectivity index (χ2v) is 5.87. The summed E-state index contributed by atoms with van der Waals surface area (Å²) in [6.07, 6.45) is 0. The van der Waals surface area contributed by atoms with Gasteiger partial charge in [-0.25, -0.2) is 0 Å². The van der Waals surface area contributed by atoms with Crippen molar-refractivity contribution in [2.45, 2.75) is 19.9 Å². The van der Waals surface area contributed by atoms with E-state index in [-0.39, 0.29) is 0 Å². The van der Waals surface area contributed by atoms with Crippen LogP contribution in [0.5, 0.6) is 0 Å². The second kappa shape index (κ2) is 5.80. The van der Waals surface area contributed by atoms with Gasteiger partial charge in [-0.1, -0.05) is 31.2 Å². The summed E-state index contributed by atoms with van der Waals surface area (Å²) >= 11 is 5.32. The van der Waals surface area contributed by atoms with E-state index in [1.807, 2.05) is 0 Å². The molecular formula is C14H16BrNS. The minimum atomic E-state index is 0.303. The van der Waals surface area contributed by atoms with Crippen molar-refractivity contribution in [2.75, 3.05) is 6.54 Å². The molecule has 0 saturated carbocycles. The molecule has 1 aromatic carbocycles. The average Bonchev–Trinajstić information content (AvgIpc) is 2.74. The third kappa shape index (κ3) is 2.97. The first kappa shape index (κ1) is 12.8. The highest BCUT2D eigenvalue weighted by Gasteiger charge is 2.16. The standard InChI is InChI=1S/C14H16BrNS/c1-3-16-14(13-8-11(15)9-17-13)12-7-5-4-6-10(12)2/h4-9,14,16H,3H2,1-2H3. The molecule has 3 heteroatoms. The summed E-state index contributed by atoms with van der Waals surface area (Å²) < 4.78 is 1.16. The summed E-state index contributed by atoms with van der Waals surface area (Å²) in [5.41, 5.74) is 2.70. The Balaban J connectivity index is 2.39. The lowest BCUT2D eigenvalue weighted by Gasteiger charge is -2.19. The Morgan fingerprint density at radius 3 is 2.71 bits per heavy atom. The van der Waals surface area contributed by atoms with Crippen LogP contribution in [0.25, 0.3) is 0 Å². The average molecular weight is 310 g/mol. The number of rotatable bonds is 4. The largest absolute Gasteiger partial charge is 0.306 e. The molecule has 1 atom stereocenters. The molecule has 90 valence electrons. The van der Waals surface area contributed by atoms with E-state index in [9.17, 15) is 0 Å². The predicted octanol–water partition coefficient (Wildman–Crippen LogP) is 4.52. The molecule has 0 aliphatic carbocycles. The molecule has 0 saturated heterocycles. The van der Waals surface area contributed by atoms with Crippen LogP contribution in [0, 0.1) is 6.92 Å². The minimum Gasteiger partial charge on any atom is -0.306 e. The van der Waals surface area contributed by atoms with Crippen molar-refractivity contribution in [3.63, 3.8) is 0 Å². The van der Waals surface area contributed by atoms with Gasteiger partial charge < -0.3 is 5.32 Å². The molecule has 1 nitrogen and oxygen atoms in total. The molecule has 0 aliphatic rings. The van der Waals surface area contributed by atoms with Crippen LogP contribution in [-0.2, 0) is 0 Å². The molecule has 1 N–H and O–H groups in total. The first-order chi connectivity index (χ1) is 8.22. The third-order valence-electron chi connectivity index (χ3n) is 2.78. The Labute approximate surface area is 115 Å². The fraction of sp³-hybridized carbons (Fsp3) is 0.286. The van der Waals surface area contributed by atoms with Crippen molar-refractivity contribution < 1.29 is 0 Å². The van der Waals surface area contributed by atoms with E-state index in [1.165, 1.54) is 16.0 Å². The lowest BCUT2D eigenvalue weighted by molar-refractivity contribution is 0.636. The molecule has 0 spiro atoms. The van der Waals surface area contributed by atoms with Gasteiger partial charge in [-0.05, 0) is 46.6 Å². The van der Waals surface area contributed by atoms with Crippen molar-refractivity contribution >= 4 is 27.3 Å². The second-order valence-electron chi connectivity index (χ2n) is 4.01. The molecule has 1 unspecified atom stereocenters. The Bertz CT molecular complexity index is 492. The van der Waals surface area contributed by atoms with E-state index >= 15 is 0 Å². The SMILES string of the molecule is CCNC(c1cc(Br)cs1)c1ccccc1C. The number of hydrogen-bond acceptors (Lipinski definition) is 2. The summed E-state index contributed by atoms with van der Waals surface area (Å²) in [4.78, 5) is 1.35. The third-order valence-corrected chi connectivity index (χ3v) is 4.54. The van der Waals surface area contributed by atoms with Gasteiger partial charge in [0.1, 0.15) is 0 Å². The van der Waals surface area contributed by atoms with Crippen molar-refractivity contribution in [3.05, 3.63) is 56.2 Å². The van der Waals surface area contributed by atoms with E-state index in [4.69, 9.17) is 0 Å². The predicted molar refractivity (Wildman–Crippen MR) is 78.7 cm³/mol. The highest BCUT2D eigenvalue weighted by molar-refractivity contribution is 9.10. The molecule has 2 aromatic rings. The number of thiophene rings is 1. The van der Waals surface area contributed by atoms with E-state index < -0.39 is 0 Å². The topological polar surface area (TPSA) is 12.0 Å². The number of benzene rings is 1. The number of nitrogens with one attached hydrogen (secondary N) is 1. The monoisotopic (exact) mass is 309 g/mol. The zero-order chi connectivity index (χ0) is 12.3. The maximum Gasteiger partial charge on any atom is 0.0673 e. The van der Waals surface area contributed by atoms with Crippen LogP contribution in [0.2, 0.25) is 0 Å². The van der Waals surface area contributed by atoms with Gasteiger partial charge in [0.15, 0.2) is 0 Å². The van der Waals surface area contributed by atoms with Crippen LogP contribution in [0.3, 0.4) is 0 Å². The van der Waals surface area contributed by atoms with Gasteiger partial charge in [-0.3, -0.25) is 0 Å². The van der Waals surface area contributed by atoms with Crippen LogP contribution in [-0.4, -0.2) is 6.54 Å². The molecule has 1 heterocycles. The van der Waals surface area contributed by atoms with Crippen LogP contribution < -0.4 is 5.32 Å². The summed E-state index contributed by atoms with van der Waals surface area (Å²) in [5.74, 6) is 0. The lowest BCUT2D eigenvalue weighted by atomic mass is 10.00. The van der Waals surface area contributed by atoms with Crippen LogP contribution in [0.1, 0.15) is 29.0 Å². The van der Waals surface area contributed by atoms with E-state index in [0.29, 0.717) is 6.04 Å². The minimum absolute atomic E-state index is 0.303. The fourth-order valence-electron chi connectivity index (χ4n) is 1.96. The highest BCUT2D eigenvalue weighted by Crippen LogP contribution is 2.31. The molecule has 0 radical (unpaired) electrons. The Hall–Kier alpha value is -0.640. The van der Waals surface area contributed by atoms with Gasteiger partial charge in [0.2, 0.25) is 0 Å². The zero-order valence-corrected chi connectivity index (χ0v) is 12.4. The van der Waals surface area contributed by atoms with Gasteiger partial charge in [0, 0.05) is 14.7 Å². The highest BCUT2D eigenvalue weighted by atomic mass is 79.9. The lowest BCUT2D eigenvalue weighted by Crippen LogP contribution is -2.21. The smallest absolute Gasteiger partial charge is 0.0673 e. The molecule has 17 heavy (non-hydrogen) atoms. The van der Waals surface area contributed by atoms with Gasteiger partial charge >= 0.3 is 0 Å². The van der Waals surface area contributed by atoms with Crippen LogP contribution in [0.4, 0.5) is 0 Å². The summed E-state index contributed by atoms with van der Waals surface area (Å²) in [7, 11) is 0. The molecular weight excluding hydrogens is 294 g/mol. The maximum absolute atomic E-state index is 3.56. The normalized spacial score (nSPS) is 12.6. The first-order valence-corrected chi connectivity index (χ1v) is 7.42. The van der Waals surface area contributed by atoms with Gasteiger partial charge in [-0.2, -0.15) is 0 Å². The molecule has 0 aliphatic heterocycles. The van der Waals surface area contributed by atoms with Gasteiger partial charge in [0.05, 0.1) is 6.04 Å². The van der Waals surface area contributed by atoms with Crippen molar-refractivity contribution in [1.29, 1.82) is 0 Å². The van der Waals surface area contributed by atoms with Crippen molar-refractivity contribution in [3.8, 4) is 0 Å². The summed E-state index contributed by atoms with van der Waals surface area (Å²) in [5, 5.41) is 5.70. The van der Waals surface area contributed by atoms with E-state index in [0.717, 1.165) is 11.0 Å². The van der Waals surface area contributed by atoms with Crippen LogP contribution >= 0.6 is 27.3 Å². The van der Waals surface area contributed by atoms with E-state index in [1.54, 1.807) is 11.3 Å². The van der Waals surface area contributed by atoms with Crippen molar-refractivity contribution in [2.24, 2.45) is 0 Å². The molecule has 2 rings (SSSR count). The molecule has 0 amide bonds. The van der Waals surface area contributed by atoms with Crippen molar-refractivity contribution in [1.82, 2.24) is 5.32 Å². The van der Waals surface area contributed by atoms with Crippen LogP contribution in [0.15, 0.2) is 40.2 Å². The Morgan fingerprint density at radius 2 is 2.12 bits per heavy atom. The quantitative estimate of drug-likeness (QED) is 0.875. The zero-order valence-electron chi connectivity index (χ0n) is 10.0. The first-order valence-electron chi connectivity index (χ1n) is 5.75. The number of hydrogen-bond donors (Lipinski definition) is 1. The molecule has 0 bridgehead atoms. The summed E-state index contributed by atoms with van der Waals surface area (Å²) in [6, 6.07) is 11.1. The maximum atomic E-state index is 3.56. The van der Waals surface area contributed by atoms with E-state index in [2.05, 4.69) is 70.8 Å². The molecule has 1 aromatic heterocycles. The number of aryl methyl sites for hydroxylation is 1. The summed E-state index contributed by atoms with van der Waals surface area (Å²) in [6.45, 7) is 5.28. The Morgan fingerprint density at radius 1 is 1.35 bits per heavy atom. The molecule has 0 fully saturated rings. The van der Waals surface area contributed by atoms with Gasteiger partial charge in [0.25, 0.3) is 0 Å². The Kier molecular flexibility index (Phi) is 4.37. The number of halogens is 1.